The molecular formula is C19H24N2O7S2. The number of carboxylic acids is 1. The highest BCUT2D eigenvalue weighted by Gasteiger charge is 2.52. The molecule has 1 saturated heterocycles. The van der Waals surface area contributed by atoms with E-state index in [4.69, 9.17) is 4.74 Å². The first-order valence-electron chi connectivity index (χ1n) is 9.00. The Balaban J connectivity index is 2.48. The van der Waals surface area contributed by atoms with E-state index in [1.54, 1.807) is 20.8 Å². The second kappa shape index (κ2) is 9.70. The van der Waals surface area contributed by atoms with Crippen LogP contribution < -0.4 is 10.2 Å². The van der Waals surface area contributed by atoms with Crippen LogP contribution in [-0.2, 0) is 19.6 Å². The number of thioether (sulfide) groups is 1. The van der Waals surface area contributed by atoms with Crippen molar-refractivity contribution in [2.45, 2.75) is 48.9 Å². The molecule has 0 bridgehead atoms. The molecule has 1 aliphatic rings. The molecular weight excluding hydrogens is 432 g/mol. The van der Waals surface area contributed by atoms with Crippen LogP contribution in [0.4, 0.5) is 0 Å². The number of sulfonamides is 1. The fourth-order valence-electron chi connectivity index (χ4n) is 3.18. The van der Waals surface area contributed by atoms with E-state index in [0.717, 1.165) is 4.31 Å². The summed E-state index contributed by atoms with van der Waals surface area (Å²) in [5.74, 6) is 3.89. The van der Waals surface area contributed by atoms with Crippen LogP contribution in [0.1, 0.15) is 27.2 Å². The summed E-state index contributed by atoms with van der Waals surface area (Å²) < 4.78 is 32.3. The minimum atomic E-state index is -4.27. The fraction of sp³-hybridized carbons (Fsp3) is 0.474. The number of carboxylic acid groups (broad SMARTS) is 1. The first-order chi connectivity index (χ1) is 14.0. The van der Waals surface area contributed by atoms with Gasteiger partial charge in [0.2, 0.25) is 10.0 Å². The third-order valence-electron chi connectivity index (χ3n) is 4.58. The Hall–Kier alpha value is -2.26. The van der Waals surface area contributed by atoms with E-state index in [1.807, 2.05) is 0 Å². The summed E-state index contributed by atoms with van der Waals surface area (Å²) in [5.41, 5.74) is 1.52. The van der Waals surface area contributed by atoms with Crippen molar-refractivity contribution in [1.29, 1.82) is 0 Å². The average Bonchev–Trinajstić information content (AvgIpc) is 2.68. The van der Waals surface area contributed by atoms with Gasteiger partial charge in [-0.25, -0.2) is 13.9 Å². The minimum Gasteiger partial charge on any atom is -0.481 e. The third kappa shape index (κ3) is 5.26. The van der Waals surface area contributed by atoms with Crippen molar-refractivity contribution < 1.29 is 33.1 Å². The summed E-state index contributed by atoms with van der Waals surface area (Å²) in [6.07, 6.45) is -0.478. The summed E-state index contributed by atoms with van der Waals surface area (Å²) in [7, 11) is -4.27. The molecule has 1 amide bonds. The molecule has 1 aromatic rings. The van der Waals surface area contributed by atoms with E-state index >= 15 is 0 Å². The van der Waals surface area contributed by atoms with Gasteiger partial charge < -0.3 is 9.84 Å². The Morgan fingerprint density at radius 1 is 1.33 bits per heavy atom. The van der Waals surface area contributed by atoms with Crippen LogP contribution in [0.5, 0.6) is 5.75 Å². The van der Waals surface area contributed by atoms with E-state index in [-0.39, 0.29) is 17.3 Å². The molecule has 164 valence electrons. The van der Waals surface area contributed by atoms with Gasteiger partial charge in [0.1, 0.15) is 18.4 Å². The van der Waals surface area contributed by atoms with Gasteiger partial charge in [0.15, 0.2) is 0 Å². The number of benzene rings is 1. The van der Waals surface area contributed by atoms with Crippen molar-refractivity contribution in [2.75, 3.05) is 12.4 Å². The predicted molar refractivity (Wildman–Crippen MR) is 111 cm³/mol. The molecule has 0 spiro atoms. The number of carbonyl (C=O) groups excluding carboxylic acids is 1. The number of aliphatic carboxylic acids is 1. The Labute approximate surface area is 179 Å². The van der Waals surface area contributed by atoms with E-state index in [2.05, 4.69) is 11.8 Å². The molecule has 1 unspecified atom stereocenters. The third-order valence-corrected chi connectivity index (χ3v) is 8.03. The Kier molecular flexibility index (Phi) is 7.76. The van der Waals surface area contributed by atoms with Crippen LogP contribution in [0.25, 0.3) is 0 Å². The van der Waals surface area contributed by atoms with E-state index in [0.29, 0.717) is 5.75 Å². The minimum absolute atomic E-state index is 0.120. The van der Waals surface area contributed by atoms with Gasteiger partial charge >= 0.3 is 5.97 Å². The maximum absolute atomic E-state index is 13.5. The molecule has 11 heteroatoms. The van der Waals surface area contributed by atoms with E-state index in [9.17, 15) is 28.3 Å². The molecule has 0 aromatic heterocycles. The molecule has 1 heterocycles. The van der Waals surface area contributed by atoms with Crippen LogP contribution in [-0.4, -0.2) is 64.1 Å². The zero-order valence-electron chi connectivity index (χ0n) is 16.8. The second-order valence-corrected chi connectivity index (χ2v) is 10.6. The smallest absolute Gasteiger partial charge is 0.305 e. The van der Waals surface area contributed by atoms with Crippen LogP contribution in [0.3, 0.4) is 0 Å². The summed E-state index contributed by atoms with van der Waals surface area (Å²) in [6, 6.07) is 3.28. The van der Waals surface area contributed by atoms with Gasteiger partial charge in [-0.2, -0.15) is 16.1 Å². The number of ether oxygens (including phenoxy) is 1. The number of nitrogens with zero attached hydrogens (tertiary/aromatic N) is 1. The lowest BCUT2D eigenvalue weighted by atomic mass is 10.00. The number of amides is 1. The molecule has 9 nitrogen and oxygen atoms in total. The zero-order valence-corrected chi connectivity index (χ0v) is 18.4. The van der Waals surface area contributed by atoms with E-state index < -0.39 is 45.2 Å². The molecule has 2 atom stereocenters. The SMILES string of the molecule is CC#CCOc1ccc(S(=O)(=O)N2C(CC(=O)O)CSC(C)(C)[C@@H]2C(=O)NO)cc1. The largest absolute Gasteiger partial charge is 0.481 e. The molecule has 1 aromatic carbocycles. The number of hydroxylamine groups is 1. The first-order valence-corrected chi connectivity index (χ1v) is 11.4. The Morgan fingerprint density at radius 2 is 1.97 bits per heavy atom. The fourth-order valence-corrected chi connectivity index (χ4v) is 6.52. The van der Waals surface area contributed by atoms with Gasteiger partial charge in [-0.1, -0.05) is 5.92 Å². The number of nitrogens with one attached hydrogen (secondary N) is 1. The second-order valence-electron chi connectivity index (χ2n) is 7.07. The van der Waals surface area contributed by atoms with Crippen molar-refractivity contribution in [1.82, 2.24) is 9.79 Å². The standard InChI is InChI=1S/C19H24N2O7S2/c1-4-5-10-28-14-6-8-15(9-7-14)30(26,27)21-13(11-16(22)23)12-29-19(2,3)17(21)18(24)20-25/h6-9,13,17,25H,10-12H2,1-3H3,(H,20,24)(H,22,23)/t13?,17-/m0/s1. The van der Waals surface area contributed by atoms with Gasteiger partial charge in [-0.3, -0.25) is 14.8 Å². The summed E-state index contributed by atoms with van der Waals surface area (Å²) >= 11 is 1.28. The van der Waals surface area contributed by atoms with Crippen molar-refractivity contribution in [3.05, 3.63) is 24.3 Å². The van der Waals surface area contributed by atoms with Crippen molar-refractivity contribution in [3.8, 4) is 17.6 Å². The first kappa shape index (κ1) is 24.0. The number of carbonyl (C=O) groups is 2. The van der Waals surface area contributed by atoms with Crippen molar-refractivity contribution >= 4 is 33.7 Å². The lowest BCUT2D eigenvalue weighted by Crippen LogP contribution is -2.64. The van der Waals surface area contributed by atoms with Gasteiger partial charge in [-0.05, 0) is 45.0 Å². The van der Waals surface area contributed by atoms with Gasteiger partial charge in [0.05, 0.1) is 11.3 Å². The molecule has 3 N–H and O–H groups in total. The molecule has 1 aliphatic heterocycles. The highest BCUT2D eigenvalue weighted by molar-refractivity contribution is 8.01. The Morgan fingerprint density at radius 3 is 2.50 bits per heavy atom. The summed E-state index contributed by atoms with van der Waals surface area (Å²) in [4.78, 5) is 23.7. The van der Waals surface area contributed by atoms with Crippen LogP contribution >= 0.6 is 11.8 Å². The molecule has 0 radical (unpaired) electrons. The monoisotopic (exact) mass is 456 g/mol. The zero-order chi connectivity index (χ0) is 22.5. The van der Waals surface area contributed by atoms with Gasteiger partial charge in [0, 0.05) is 16.5 Å². The number of hydrogen-bond acceptors (Lipinski definition) is 7. The molecule has 1 fully saturated rings. The summed E-state index contributed by atoms with van der Waals surface area (Å²) in [5, 5.41) is 18.5. The number of hydrogen-bond donors (Lipinski definition) is 3. The summed E-state index contributed by atoms with van der Waals surface area (Å²) in [6.45, 7) is 5.16. The lowest BCUT2D eigenvalue weighted by Gasteiger charge is -2.47. The maximum Gasteiger partial charge on any atom is 0.305 e. The molecule has 0 aliphatic carbocycles. The van der Waals surface area contributed by atoms with Gasteiger partial charge in [-0.15, -0.1) is 5.92 Å². The topological polar surface area (TPSA) is 133 Å². The number of rotatable bonds is 7. The van der Waals surface area contributed by atoms with Crippen LogP contribution in [0, 0.1) is 11.8 Å². The average molecular weight is 457 g/mol. The van der Waals surface area contributed by atoms with E-state index in [1.165, 1.54) is 41.5 Å². The van der Waals surface area contributed by atoms with Crippen molar-refractivity contribution in [3.63, 3.8) is 0 Å². The quantitative estimate of drug-likeness (QED) is 0.318. The molecule has 30 heavy (non-hydrogen) atoms. The Bertz CT molecular complexity index is 949. The molecule has 0 saturated carbocycles. The highest BCUT2D eigenvalue weighted by atomic mass is 32.2. The van der Waals surface area contributed by atoms with Crippen molar-refractivity contribution in [2.24, 2.45) is 0 Å². The normalized spacial score (nSPS) is 21.2. The van der Waals surface area contributed by atoms with Gasteiger partial charge in [0.25, 0.3) is 5.91 Å². The maximum atomic E-state index is 13.5. The lowest BCUT2D eigenvalue weighted by molar-refractivity contribution is -0.140. The van der Waals surface area contributed by atoms with Crippen LogP contribution in [0.2, 0.25) is 0 Å². The predicted octanol–water partition coefficient (Wildman–Crippen LogP) is 1.32. The molecule has 2 rings (SSSR count). The van der Waals surface area contributed by atoms with Crippen LogP contribution in [0.15, 0.2) is 29.2 Å². The highest BCUT2D eigenvalue weighted by Crippen LogP contribution is 2.42.